The predicted molar refractivity (Wildman–Crippen MR) is 87.5 cm³/mol. The highest BCUT2D eigenvalue weighted by molar-refractivity contribution is 7.12. The van der Waals surface area contributed by atoms with E-state index < -0.39 is 11.7 Å². The molecule has 2 unspecified atom stereocenters. The number of carbonyl (C=O) groups is 1. The standard InChI is InChI=1S/C18H11NO4S/c20-17-16-13(7-9-24-16)22-18(17)14(12-6-8-21-10-12)15(19-23-18)11-4-2-1-3-5-11/h1-10,14H. The number of hydrogen-bond donors (Lipinski definition) is 0. The summed E-state index contributed by atoms with van der Waals surface area (Å²) in [6.07, 6.45) is 3.17. The minimum atomic E-state index is -1.49. The number of oxime groups is 1. The predicted octanol–water partition coefficient (Wildman–Crippen LogP) is 3.83. The van der Waals surface area contributed by atoms with Crippen LogP contribution < -0.4 is 4.74 Å². The molecule has 2 aliphatic heterocycles. The Morgan fingerprint density at radius 2 is 2.00 bits per heavy atom. The third-order valence-electron chi connectivity index (χ3n) is 4.29. The van der Waals surface area contributed by atoms with Gasteiger partial charge >= 0.3 is 5.79 Å². The molecule has 1 spiro atoms. The fourth-order valence-electron chi connectivity index (χ4n) is 3.21. The smallest absolute Gasteiger partial charge is 0.353 e. The van der Waals surface area contributed by atoms with Gasteiger partial charge in [-0.3, -0.25) is 4.79 Å². The van der Waals surface area contributed by atoms with Crippen LogP contribution in [0.15, 0.2) is 69.9 Å². The number of Topliss-reactive ketones (excluding diaryl/α,β-unsaturated/α-hetero) is 1. The van der Waals surface area contributed by atoms with Gasteiger partial charge in [-0.2, -0.15) is 0 Å². The number of fused-ring (bicyclic) bond motifs is 1. The lowest BCUT2D eigenvalue weighted by atomic mass is 9.83. The molecule has 2 aliphatic rings. The maximum Gasteiger partial charge on any atom is 0.353 e. The molecule has 2 atom stereocenters. The Kier molecular flexibility index (Phi) is 2.72. The van der Waals surface area contributed by atoms with Crippen molar-refractivity contribution in [2.45, 2.75) is 11.7 Å². The number of furan rings is 1. The van der Waals surface area contributed by atoms with E-state index in [2.05, 4.69) is 5.16 Å². The molecular formula is C18H11NO4S. The lowest BCUT2D eigenvalue weighted by molar-refractivity contribution is -0.128. The molecule has 0 fully saturated rings. The van der Waals surface area contributed by atoms with E-state index >= 15 is 0 Å². The largest absolute Gasteiger partial charge is 0.472 e. The average molecular weight is 337 g/mol. The van der Waals surface area contributed by atoms with Crippen molar-refractivity contribution in [1.82, 2.24) is 0 Å². The van der Waals surface area contributed by atoms with E-state index in [9.17, 15) is 4.79 Å². The Bertz CT molecular complexity index is 945. The molecular weight excluding hydrogens is 326 g/mol. The molecule has 5 nitrogen and oxygen atoms in total. The number of nitrogens with zero attached hydrogens (tertiary/aromatic N) is 1. The van der Waals surface area contributed by atoms with Gasteiger partial charge in [0.15, 0.2) is 0 Å². The first-order valence-electron chi connectivity index (χ1n) is 7.44. The van der Waals surface area contributed by atoms with Crippen LogP contribution in [0.25, 0.3) is 0 Å². The zero-order chi connectivity index (χ0) is 16.1. The summed E-state index contributed by atoms with van der Waals surface area (Å²) in [7, 11) is 0. The SMILES string of the molecule is O=C1c2sccc2OC12ON=C(c1ccccc1)C2c1ccoc1. The van der Waals surface area contributed by atoms with Crippen LogP contribution in [0.2, 0.25) is 0 Å². The van der Waals surface area contributed by atoms with E-state index in [4.69, 9.17) is 14.0 Å². The van der Waals surface area contributed by atoms with Crippen LogP contribution in [0.1, 0.15) is 26.7 Å². The molecule has 1 aromatic carbocycles. The molecule has 0 saturated heterocycles. The van der Waals surface area contributed by atoms with E-state index in [0.29, 0.717) is 16.3 Å². The summed E-state index contributed by atoms with van der Waals surface area (Å²) in [5, 5.41) is 6.06. The lowest BCUT2D eigenvalue weighted by Crippen LogP contribution is -2.46. The monoisotopic (exact) mass is 337 g/mol. The summed E-state index contributed by atoms with van der Waals surface area (Å²) in [5.41, 5.74) is 2.33. The Balaban J connectivity index is 1.66. The second kappa shape index (κ2) is 4.82. The molecule has 0 radical (unpaired) electrons. The summed E-state index contributed by atoms with van der Waals surface area (Å²) in [6, 6.07) is 13.2. The van der Waals surface area contributed by atoms with Gasteiger partial charge < -0.3 is 14.0 Å². The summed E-state index contributed by atoms with van der Waals surface area (Å²) < 4.78 is 11.2. The third kappa shape index (κ3) is 1.68. The van der Waals surface area contributed by atoms with E-state index in [1.165, 1.54) is 11.3 Å². The van der Waals surface area contributed by atoms with Gasteiger partial charge in [-0.25, -0.2) is 0 Å². The molecule has 0 amide bonds. The summed E-state index contributed by atoms with van der Waals surface area (Å²) in [6.45, 7) is 0. The molecule has 5 rings (SSSR count). The summed E-state index contributed by atoms with van der Waals surface area (Å²) >= 11 is 1.35. The van der Waals surface area contributed by atoms with Gasteiger partial charge in [0, 0.05) is 11.1 Å². The van der Waals surface area contributed by atoms with Crippen LogP contribution in [0.5, 0.6) is 5.75 Å². The van der Waals surface area contributed by atoms with E-state index in [-0.39, 0.29) is 5.78 Å². The Labute approximate surface area is 141 Å². The molecule has 24 heavy (non-hydrogen) atoms. The highest BCUT2D eigenvalue weighted by Gasteiger charge is 2.63. The molecule has 0 aliphatic carbocycles. The molecule has 0 bridgehead atoms. The van der Waals surface area contributed by atoms with E-state index in [0.717, 1.165) is 11.1 Å². The van der Waals surface area contributed by atoms with E-state index in [1.54, 1.807) is 18.6 Å². The lowest BCUT2D eigenvalue weighted by Gasteiger charge is -2.26. The topological polar surface area (TPSA) is 61.0 Å². The maximum absolute atomic E-state index is 13.0. The van der Waals surface area contributed by atoms with Crippen LogP contribution >= 0.6 is 11.3 Å². The van der Waals surface area contributed by atoms with Crippen molar-refractivity contribution in [1.29, 1.82) is 0 Å². The number of benzene rings is 1. The minimum absolute atomic E-state index is 0.201. The van der Waals surface area contributed by atoms with Crippen LogP contribution in [-0.4, -0.2) is 17.3 Å². The van der Waals surface area contributed by atoms with Crippen LogP contribution in [0, 0.1) is 0 Å². The van der Waals surface area contributed by atoms with Gasteiger partial charge in [0.2, 0.25) is 0 Å². The zero-order valence-electron chi connectivity index (χ0n) is 12.3. The number of hydrogen-bond acceptors (Lipinski definition) is 6. The van der Waals surface area contributed by atoms with Crippen molar-refractivity contribution in [3.05, 3.63) is 76.4 Å². The molecule has 6 heteroatoms. The third-order valence-corrected chi connectivity index (χ3v) is 5.19. The molecule has 4 heterocycles. The number of carbonyl (C=O) groups excluding carboxylic acids is 1. The van der Waals surface area contributed by atoms with E-state index in [1.807, 2.05) is 41.8 Å². The minimum Gasteiger partial charge on any atom is -0.472 e. The maximum atomic E-state index is 13.0. The molecule has 0 N–H and O–H groups in total. The van der Waals surface area contributed by atoms with Crippen LogP contribution in [0.3, 0.4) is 0 Å². The first-order valence-corrected chi connectivity index (χ1v) is 8.32. The first kappa shape index (κ1) is 13.6. The second-order valence-electron chi connectivity index (χ2n) is 5.64. The average Bonchev–Trinajstić information content (AvgIpc) is 3.37. The van der Waals surface area contributed by atoms with Crippen molar-refractivity contribution in [2.75, 3.05) is 0 Å². The van der Waals surface area contributed by atoms with Gasteiger partial charge in [-0.15, -0.1) is 11.3 Å². The molecule has 2 aromatic heterocycles. The Morgan fingerprint density at radius 3 is 2.75 bits per heavy atom. The summed E-state index contributed by atoms with van der Waals surface area (Å²) in [4.78, 5) is 19.2. The van der Waals surface area contributed by atoms with Crippen molar-refractivity contribution >= 4 is 22.8 Å². The highest BCUT2D eigenvalue weighted by Crippen LogP contribution is 2.50. The van der Waals surface area contributed by atoms with Crippen LogP contribution in [-0.2, 0) is 4.84 Å². The molecule has 0 saturated carbocycles. The molecule has 3 aromatic rings. The number of ether oxygens (including phenoxy) is 1. The normalized spacial score (nSPS) is 24.6. The molecule has 118 valence electrons. The number of thiophene rings is 1. The van der Waals surface area contributed by atoms with Crippen molar-refractivity contribution in [2.24, 2.45) is 5.16 Å². The van der Waals surface area contributed by atoms with Gasteiger partial charge in [-0.1, -0.05) is 35.5 Å². The fraction of sp³-hybridized carbons (Fsp3) is 0.111. The van der Waals surface area contributed by atoms with Crippen molar-refractivity contribution in [3.63, 3.8) is 0 Å². The zero-order valence-corrected chi connectivity index (χ0v) is 13.2. The van der Waals surface area contributed by atoms with Crippen LogP contribution in [0.4, 0.5) is 0 Å². The van der Waals surface area contributed by atoms with Gasteiger partial charge in [0.1, 0.15) is 22.3 Å². The first-order chi connectivity index (χ1) is 11.8. The fourth-order valence-corrected chi connectivity index (χ4v) is 4.01. The number of ketones is 1. The quantitative estimate of drug-likeness (QED) is 0.713. The Hall–Kier alpha value is -2.86. The highest BCUT2D eigenvalue weighted by atomic mass is 32.1. The van der Waals surface area contributed by atoms with Crippen molar-refractivity contribution in [3.8, 4) is 5.75 Å². The summed E-state index contributed by atoms with van der Waals surface area (Å²) in [5.74, 6) is -1.64. The van der Waals surface area contributed by atoms with Gasteiger partial charge in [0.05, 0.1) is 12.5 Å². The van der Waals surface area contributed by atoms with Crippen molar-refractivity contribution < 1.29 is 18.8 Å². The van der Waals surface area contributed by atoms with Gasteiger partial charge in [-0.05, 0) is 17.5 Å². The number of rotatable bonds is 2. The van der Waals surface area contributed by atoms with Gasteiger partial charge in [0.25, 0.3) is 5.78 Å². The Morgan fingerprint density at radius 1 is 1.12 bits per heavy atom. The second-order valence-corrected chi connectivity index (χ2v) is 6.55.